The first-order valence-corrected chi connectivity index (χ1v) is 29.4. The molecule has 68 heavy (non-hydrogen) atoms. The van der Waals surface area contributed by atoms with E-state index in [2.05, 4.69) is 38.2 Å². The van der Waals surface area contributed by atoms with Gasteiger partial charge in [-0.2, -0.15) is 0 Å². The first kappa shape index (κ1) is 65.8. The van der Waals surface area contributed by atoms with Crippen molar-refractivity contribution in [1.82, 2.24) is 0 Å². The molecular weight excluding hydrogens is 847 g/mol. The van der Waals surface area contributed by atoms with E-state index in [1.807, 2.05) is 21.1 Å². The second-order valence-electron chi connectivity index (χ2n) is 21.3. The Hall–Kier alpha value is -2.19. The van der Waals surface area contributed by atoms with Crippen LogP contribution in [0.15, 0.2) is 24.3 Å². The van der Waals surface area contributed by atoms with E-state index in [1.165, 1.54) is 212 Å². The summed E-state index contributed by atoms with van der Waals surface area (Å²) in [5.41, 5.74) is 0. The minimum absolute atomic E-state index is 0.0458. The maximum absolute atomic E-state index is 12.8. The molecule has 0 aliphatic heterocycles. The second kappa shape index (κ2) is 51.2. The van der Waals surface area contributed by atoms with Gasteiger partial charge in [0, 0.05) is 19.3 Å². The first-order chi connectivity index (χ1) is 33.1. The fourth-order valence-electron chi connectivity index (χ4n) is 9.07. The number of rotatable bonds is 54. The number of nitrogens with zero attached hydrogens (tertiary/aromatic N) is 1. The van der Waals surface area contributed by atoms with Crippen LogP contribution in [-0.2, 0) is 28.6 Å². The number of aliphatic carboxylic acids is 1. The van der Waals surface area contributed by atoms with Gasteiger partial charge in [-0.05, 0) is 44.9 Å². The van der Waals surface area contributed by atoms with Crippen molar-refractivity contribution in [3.8, 4) is 0 Å². The molecule has 2 unspecified atom stereocenters. The van der Waals surface area contributed by atoms with Crippen LogP contribution in [0.25, 0.3) is 0 Å². The van der Waals surface area contributed by atoms with Crippen LogP contribution in [0, 0.1) is 0 Å². The van der Waals surface area contributed by atoms with Crippen molar-refractivity contribution in [2.45, 2.75) is 302 Å². The average molecular weight is 962 g/mol. The molecule has 0 fully saturated rings. The Bertz CT molecular complexity index is 1160. The van der Waals surface area contributed by atoms with Crippen LogP contribution in [0.3, 0.4) is 0 Å². The van der Waals surface area contributed by atoms with E-state index in [0.29, 0.717) is 19.3 Å². The largest absolute Gasteiger partial charge is 0.477 e. The summed E-state index contributed by atoms with van der Waals surface area (Å²) in [6.45, 7) is 4.79. The van der Waals surface area contributed by atoms with Crippen molar-refractivity contribution in [2.24, 2.45) is 0 Å². The molecule has 0 heterocycles. The molecule has 0 aromatic heterocycles. The number of allylic oxidation sites excluding steroid dienone is 4. The normalized spacial score (nSPS) is 12.9. The number of hydrogen-bond donors (Lipinski definition) is 1. The van der Waals surface area contributed by atoms with Gasteiger partial charge in [0.05, 0.1) is 34.4 Å². The summed E-state index contributed by atoms with van der Waals surface area (Å²) >= 11 is 0. The molecule has 8 nitrogen and oxygen atoms in total. The number of hydrogen-bond acceptors (Lipinski definition) is 6. The molecule has 0 saturated carbocycles. The van der Waals surface area contributed by atoms with Crippen LogP contribution in [0.5, 0.6) is 0 Å². The lowest BCUT2D eigenvalue weighted by Crippen LogP contribution is -2.50. The zero-order valence-electron chi connectivity index (χ0n) is 45.8. The van der Waals surface area contributed by atoms with Gasteiger partial charge in [-0.15, -0.1) is 0 Å². The van der Waals surface area contributed by atoms with Crippen LogP contribution in [-0.4, -0.2) is 80.6 Å². The van der Waals surface area contributed by atoms with Crippen molar-refractivity contribution in [2.75, 3.05) is 41.0 Å². The van der Waals surface area contributed by atoms with E-state index in [-0.39, 0.29) is 36.2 Å². The number of carbonyl (C=O) groups excluding carboxylic acids is 2. The maximum Gasteiger partial charge on any atom is 0.362 e. The Labute approximate surface area is 421 Å². The van der Waals surface area contributed by atoms with Crippen molar-refractivity contribution in [1.29, 1.82) is 0 Å². The van der Waals surface area contributed by atoms with Crippen LogP contribution in [0.2, 0.25) is 0 Å². The van der Waals surface area contributed by atoms with E-state index < -0.39 is 18.1 Å². The molecule has 0 aromatic rings. The third-order valence-electron chi connectivity index (χ3n) is 13.6. The van der Waals surface area contributed by atoms with Crippen LogP contribution in [0.4, 0.5) is 0 Å². The number of carbonyl (C=O) groups is 3. The SMILES string of the molecule is CCCCCCC/C=C\C/C=C\CCCCCCCCCCCCCC(=O)OC(COCCC(C(=O)O)[N+](C)(C)C)COC(=O)CCCCCCCCCCCCCCCCCCCCCCC. The topological polar surface area (TPSA) is 99.1 Å². The molecule has 8 heteroatoms. The molecule has 0 radical (unpaired) electrons. The molecule has 0 amide bonds. The number of carboxylic acid groups (broad SMARTS) is 1. The van der Waals surface area contributed by atoms with Crippen molar-refractivity contribution < 1.29 is 38.2 Å². The molecule has 0 bridgehead atoms. The maximum atomic E-state index is 12.8. The monoisotopic (exact) mass is 961 g/mol. The van der Waals surface area contributed by atoms with Crippen LogP contribution in [0.1, 0.15) is 290 Å². The third kappa shape index (κ3) is 48.8. The van der Waals surface area contributed by atoms with Gasteiger partial charge in [0.25, 0.3) is 0 Å². The molecule has 0 aliphatic carbocycles. The van der Waals surface area contributed by atoms with Gasteiger partial charge in [0.15, 0.2) is 12.1 Å². The number of unbranched alkanes of at least 4 members (excludes halogenated alkanes) is 36. The van der Waals surface area contributed by atoms with Gasteiger partial charge >= 0.3 is 17.9 Å². The smallest absolute Gasteiger partial charge is 0.362 e. The van der Waals surface area contributed by atoms with Gasteiger partial charge < -0.3 is 23.8 Å². The fourth-order valence-corrected chi connectivity index (χ4v) is 9.07. The van der Waals surface area contributed by atoms with E-state index in [0.717, 1.165) is 44.9 Å². The molecule has 2 atom stereocenters. The second-order valence-corrected chi connectivity index (χ2v) is 21.3. The number of ether oxygens (including phenoxy) is 3. The highest BCUT2D eigenvalue weighted by atomic mass is 16.6. The lowest BCUT2D eigenvalue weighted by Gasteiger charge is -2.31. The van der Waals surface area contributed by atoms with E-state index in [9.17, 15) is 19.5 Å². The molecule has 0 spiro atoms. The van der Waals surface area contributed by atoms with E-state index >= 15 is 0 Å². The molecule has 0 saturated heterocycles. The first-order valence-electron chi connectivity index (χ1n) is 29.4. The molecule has 0 rings (SSSR count). The highest BCUT2D eigenvalue weighted by molar-refractivity contribution is 5.72. The highest BCUT2D eigenvalue weighted by Gasteiger charge is 2.31. The Balaban J connectivity index is 4.13. The predicted octanol–water partition coefficient (Wildman–Crippen LogP) is 17.5. The van der Waals surface area contributed by atoms with Gasteiger partial charge in [-0.3, -0.25) is 9.59 Å². The van der Waals surface area contributed by atoms with Gasteiger partial charge in [0.2, 0.25) is 0 Å². The summed E-state index contributed by atoms with van der Waals surface area (Å²) in [5.74, 6) is -1.44. The third-order valence-corrected chi connectivity index (χ3v) is 13.6. The molecule has 400 valence electrons. The summed E-state index contributed by atoms with van der Waals surface area (Å²) in [7, 11) is 5.55. The van der Waals surface area contributed by atoms with Crippen molar-refractivity contribution >= 4 is 17.9 Å². The minimum Gasteiger partial charge on any atom is -0.477 e. The Morgan fingerprint density at radius 3 is 1.13 bits per heavy atom. The fraction of sp³-hybridized carbons (Fsp3) is 0.883. The predicted molar refractivity (Wildman–Crippen MR) is 289 cm³/mol. The zero-order valence-corrected chi connectivity index (χ0v) is 45.8. The minimum atomic E-state index is -0.870. The van der Waals surface area contributed by atoms with Crippen LogP contribution < -0.4 is 0 Å². The van der Waals surface area contributed by atoms with Gasteiger partial charge in [-0.25, -0.2) is 4.79 Å². The number of carboxylic acids is 1. The Morgan fingerprint density at radius 1 is 0.441 bits per heavy atom. The summed E-state index contributed by atoms with van der Waals surface area (Å²) in [6, 6.07) is -0.613. The summed E-state index contributed by atoms with van der Waals surface area (Å²) < 4.78 is 17.4. The summed E-state index contributed by atoms with van der Waals surface area (Å²) in [4.78, 5) is 37.3. The summed E-state index contributed by atoms with van der Waals surface area (Å²) in [5, 5.41) is 9.68. The molecule has 1 N–H and O–H groups in total. The lowest BCUT2D eigenvalue weighted by atomic mass is 10.0. The standard InChI is InChI=1S/C60H113NO7/c1-6-8-10-12-14-16-18-20-22-24-26-28-29-31-33-35-37-39-41-43-45-47-49-51-59(63)68-56(54-66-53-52-57(60(64)65)61(3,4)5)55-67-58(62)50-48-46-44-42-40-38-36-34-32-30-27-25-23-21-19-17-15-13-11-9-7-2/h18,20,24,26,56-57H,6-17,19,21-23,25,27-55H2,1-5H3/p+1/b20-18-,26-24-. The number of likely N-dealkylation sites (N-methyl/N-ethyl adjacent to an activating group) is 1. The van der Waals surface area contributed by atoms with E-state index in [4.69, 9.17) is 14.2 Å². The highest BCUT2D eigenvalue weighted by Crippen LogP contribution is 2.17. The molecular formula is C60H114NO7+. The quantitative estimate of drug-likeness (QED) is 0.0281. The molecule has 0 aromatic carbocycles. The van der Waals surface area contributed by atoms with Gasteiger partial charge in [0.1, 0.15) is 6.61 Å². The Kier molecular flexibility index (Phi) is 49.5. The molecule has 0 aliphatic rings. The van der Waals surface area contributed by atoms with Crippen LogP contribution >= 0.6 is 0 Å². The zero-order chi connectivity index (χ0) is 49.9. The Morgan fingerprint density at radius 2 is 0.779 bits per heavy atom. The van der Waals surface area contributed by atoms with Crippen molar-refractivity contribution in [3.63, 3.8) is 0 Å². The van der Waals surface area contributed by atoms with E-state index in [1.54, 1.807) is 0 Å². The van der Waals surface area contributed by atoms with Crippen molar-refractivity contribution in [3.05, 3.63) is 24.3 Å². The number of esters is 2. The average Bonchev–Trinajstić information content (AvgIpc) is 3.30. The number of quaternary nitrogens is 1. The lowest BCUT2D eigenvalue weighted by molar-refractivity contribution is -0.887. The summed E-state index contributed by atoms with van der Waals surface area (Å²) in [6.07, 6.45) is 61.0. The van der Waals surface area contributed by atoms with Gasteiger partial charge in [-0.1, -0.05) is 250 Å².